The van der Waals surface area contributed by atoms with Crippen LogP contribution in [-0.4, -0.2) is 39.3 Å². The molecule has 0 radical (unpaired) electrons. The largest absolute Gasteiger partial charge is 0.481 e. The molecule has 1 aliphatic heterocycles. The van der Waals surface area contributed by atoms with Crippen molar-refractivity contribution < 1.29 is 24.5 Å². The second-order valence-electron chi connectivity index (χ2n) is 11.0. The number of rotatable bonds is 3. The van der Waals surface area contributed by atoms with Crippen LogP contribution in [0.5, 0.6) is 0 Å². The van der Waals surface area contributed by atoms with Crippen LogP contribution in [-0.2, 0) is 14.3 Å². The van der Waals surface area contributed by atoms with Gasteiger partial charge >= 0.3 is 5.97 Å². The summed E-state index contributed by atoms with van der Waals surface area (Å²) in [6.07, 6.45) is 7.59. The Hall–Kier alpha value is -1.20. The van der Waals surface area contributed by atoms with Crippen molar-refractivity contribution >= 4 is 11.8 Å². The highest BCUT2D eigenvalue weighted by Crippen LogP contribution is 2.82. The summed E-state index contributed by atoms with van der Waals surface area (Å²) in [7, 11) is 0. The number of carbonyl (C=O) groups excluding carboxylic acids is 1. The molecule has 0 aromatic rings. The van der Waals surface area contributed by atoms with Gasteiger partial charge in [-0.2, -0.15) is 0 Å². The van der Waals surface area contributed by atoms with Crippen molar-refractivity contribution in [3.05, 3.63) is 11.6 Å². The molecule has 4 unspecified atom stereocenters. The van der Waals surface area contributed by atoms with Crippen molar-refractivity contribution in [2.24, 2.45) is 34.5 Å². The zero-order chi connectivity index (χ0) is 19.7. The van der Waals surface area contributed by atoms with Crippen LogP contribution in [0, 0.1) is 34.5 Å². The Morgan fingerprint density at radius 3 is 2.86 bits per heavy atom. The first-order valence-electron chi connectivity index (χ1n) is 11.0. The molecule has 1 heterocycles. The first-order valence-corrected chi connectivity index (χ1v) is 11.0. The van der Waals surface area contributed by atoms with Gasteiger partial charge in [-0.25, -0.2) is 0 Å². The van der Waals surface area contributed by atoms with Gasteiger partial charge in [0.05, 0.1) is 11.7 Å². The molecule has 5 nitrogen and oxygen atoms in total. The van der Waals surface area contributed by atoms with Crippen molar-refractivity contribution in [2.45, 2.75) is 82.5 Å². The number of carbonyl (C=O) groups is 2. The van der Waals surface area contributed by atoms with Gasteiger partial charge in [-0.05, 0) is 68.3 Å². The quantitative estimate of drug-likeness (QED) is 0.728. The van der Waals surface area contributed by atoms with E-state index in [-0.39, 0.29) is 34.7 Å². The minimum atomic E-state index is -0.905. The third-order valence-electron chi connectivity index (χ3n) is 10.2. The van der Waals surface area contributed by atoms with E-state index >= 15 is 0 Å². The van der Waals surface area contributed by atoms with Crippen LogP contribution in [0.3, 0.4) is 0 Å². The third kappa shape index (κ3) is 1.78. The number of aliphatic carboxylic acids is 1. The number of aliphatic hydroxyl groups is 1. The van der Waals surface area contributed by atoms with E-state index in [0.717, 1.165) is 25.7 Å². The number of carboxylic acid groups (broad SMARTS) is 1. The summed E-state index contributed by atoms with van der Waals surface area (Å²) in [5, 5.41) is 20.8. The van der Waals surface area contributed by atoms with Gasteiger partial charge in [0, 0.05) is 23.7 Å². The molecular weight excluding hydrogens is 356 g/mol. The highest BCUT2D eigenvalue weighted by Gasteiger charge is 2.84. The van der Waals surface area contributed by atoms with E-state index in [4.69, 9.17) is 4.74 Å². The van der Waals surface area contributed by atoms with E-state index in [1.165, 1.54) is 5.57 Å². The topological polar surface area (TPSA) is 87.1 Å². The SMILES string of the molecule is C[C@]12CCC(=O)C=C1C1CC1[C@H]1[C@@H]3CC[C@](O)(CCC(=O)O)[C@@]3(C)CC3OC312. The van der Waals surface area contributed by atoms with Gasteiger partial charge in [-0.15, -0.1) is 0 Å². The first kappa shape index (κ1) is 17.6. The van der Waals surface area contributed by atoms with Gasteiger partial charge < -0.3 is 14.9 Å². The Bertz CT molecular complexity index is 833. The van der Waals surface area contributed by atoms with Gasteiger partial charge in [0.15, 0.2) is 5.78 Å². The van der Waals surface area contributed by atoms with Crippen LogP contribution in [0.1, 0.15) is 65.2 Å². The van der Waals surface area contributed by atoms with Crippen molar-refractivity contribution in [3.8, 4) is 0 Å². The van der Waals surface area contributed by atoms with E-state index in [1.54, 1.807) is 0 Å². The summed E-state index contributed by atoms with van der Waals surface area (Å²) in [5.74, 6) is 1.36. The zero-order valence-corrected chi connectivity index (χ0v) is 16.7. The Labute approximate surface area is 165 Å². The Balaban J connectivity index is 1.40. The van der Waals surface area contributed by atoms with Crippen LogP contribution < -0.4 is 0 Å². The molecule has 5 fully saturated rings. The summed E-state index contributed by atoms with van der Waals surface area (Å²) >= 11 is 0. The maximum atomic E-state index is 12.1. The summed E-state index contributed by atoms with van der Waals surface area (Å²) < 4.78 is 6.62. The van der Waals surface area contributed by atoms with Gasteiger partial charge in [0.25, 0.3) is 0 Å². The molecule has 5 heteroatoms. The number of ketones is 1. The fourth-order valence-corrected chi connectivity index (χ4v) is 8.66. The minimum Gasteiger partial charge on any atom is -0.481 e. The number of carboxylic acids is 1. The lowest BCUT2D eigenvalue weighted by molar-refractivity contribution is -0.144. The van der Waals surface area contributed by atoms with Crippen LogP contribution >= 0.6 is 0 Å². The normalized spacial score (nSPS) is 57.9. The molecule has 1 saturated heterocycles. The van der Waals surface area contributed by atoms with Crippen molar-refractivity contribution in [1.29, 1.82) is 0 Å². The minimum absolute atomic E-state index is 0.0267. The molecule has 6 rings (SSSR count). The summed E-state index contributed by atoms with van der Waals surface area (Å²) in [6.45, 7) is 4.54. The summed E-state index contributed by atoms with van der Waals surface area (Å²) in [5.41, 5.74) is -0.0168. The van der Waals surface area contributed by atoms with Crippen molar-refractivity contribution in [2.75, 3.05) is 0 Å². The second-order valence-corrected chi connectivity index (χ2v) is 11.0. The molecule has 6 aliphatic rings. The monoisotopic (exact) mass is 386 g/mol. The molecule has 1 spiro atoms. The number of hydrogen-bond acceptors (Lipinski definition) is 4. The zero-order valence-electron chi connectivity index (χ0n) is 16.7. The predicted octanol–water partition coefficient (Wildman–Crippen LogP) is 3.10. The summed E-state index contributed by atoms with van der Waals surface area (Å²) in [6, 6.07) is 0. The predicted molar refractivity (Wildman–Crippen MR) is 100 cm³/mol. The smallest absolute Gasteiger partial charge is 0.303 e. The number of ether oxygens (including phenoxy) is 1. The van der Waals surface area contributed by atoms with E-state index in [2.05, 4.69) is 13.8 Å². The Morgan fingerprint density at radius 2 is 2.11 bits per heavy atom. The Kier molecular flexibility index (Phi) is 3.10. The summed E-state index contributed by atoms with van der Waals surface area (Å²) in [4.78, 5) is 23.3. The average molecular weight is 386 g/mol. The maximum absolute atomic E-state index is 12.1. The molecule has 152 valence electrons. The fourth-order valence-electron chi connectivity index (χ4n) is 8.66. The molecule has 0 bridgehead atoms. The van der Waals surface area contributed by atoms with Crippen LogP contribution in [0.2, 0.25) is 0 Å². The molecule has 5 aliphatic carbocycles. The molecule has 0 aromatic heterocycles. The molecule has 0 amide bonds. The lowest BCUT2D eigenvalue weighted by atomic mass is 9.46. The van der Waals surface area contributed by atoms with Crippen LogP contribution in [0.15, 0.2) is 11.6 Å². The van der Waals surface area contributed by atoms with Crippen LogP contribution in [0.4, 0.5) is 0 Å². The number of fused-ring (bicyclic) bond motifs is 6. The van der Waals surface area contributed by atoms with E-state index in [9.17, 15) is 19.8 Å². The van der Waals surface area contributed by atoms with Crippen molar-refractivity contribution in [3.63, 3.8) is 0 Å². The maximum Gasteiger partial charge on any atom is 0.303 e. The molecule has 0 aromatic carbocycles. The average Bonchev–Trinajstić information content (AvgIpc) is 3.52. The van der Waals surface area contributed by atoms with E-state index in [1.807, 2.05) is 6.08 Å². The molecule has 28 heavy (non-hydrogen) atoms. The number of hydrogen-bond donors (Lipinski definition) is 2. The van der Waals surface area contributed by atoms with Gasteiger partial charge in [-0.3, -0.25) is 9.59 Å². The number of epoxide rings is 1. The lowest BCUT2D eigenvalue weighted by Crippen LogP contribution is -2.60. The van der Waals surface area contributed by atoms with E-state index in [0.29, 0.717) is 42.9 Å². The highest BCUT2D eigenvalue weighted by molar-refractivity contribution is 5.92. The fraction of sp³-hybridized carbons (Fsp3) is 0.826. The molecular formula is C23H30O5. The first-order chi connectivity index (χ1) is 13.2. The third-order valence-corrected chi connectivity index (χ3v) is 10.2. The highest BCUT2D eigenvalue weighted by atomic mass is 16.6. The van der Waals surface area contributed by atoms with Crippen LogP contribution in [0.25, 0.3) is 0 Å². The van der Waals surface area contributed by atoms with E-state index < -0.39 is 11.6 Å². The second kappa shape index (κ2) is 4.92. The van der Waals surface area contributed by atoms with Crippen molar-refractivity contribution in [1.82, 2.24) is 0 Å². The van der Waals surface area contributed by atoms with Gasteiger partial charge in [-0.1, -0.05) is 19.4 Å². The molecule has 9 atom stereocenters. The Morgan fingerprint density at radius 1 is 1.32 bits per heavy atom. The van der Waals surface area contributed by atoms with Gasteiger partial charge in [0.1, 0.15) is 5.60 Å². The molecule has 2 N–H and O–H groups in total. The molecule has 4 saturated carbocycles. The standard InChI is InChI=1S/C23H30O5/c1-20-6-3-12(24)9-16(20)13-10-14(13)19-15-4-7-22(27,8-5-18(25)26)21(15,2)11-17-23(19,20)28-17/h9,13-15,17,19,27H,3-8,10-11H2,1-2H3,(H,25,26)/t13?,14?,15-,17?,19-,20-,21-,22-,23?/m0/s1. The lowest BCUT2D eigenvalue weighted by Gasteiger charge is -2.56. The van der Waals surface area contributed by atoms with Gasteiger partial charge in [0.2, 0.25) is 0 Å².